The van der Waals surface area contributed by atoms with Gasteiger partial charge < -0.3 is 0 Å². The molecular formula is C20H27N. The SMILES string of the molecule is C1=Nc2cccc(CCc3ccccc3)c2C1.CC.CC. The first kappa shape index (κ1) is 17.2. The largest absolute Gasteiger partial charge is 0.261 e. The van der Waals surface area contributed by atoms with Crippen molar-refractivity contribution in [1.82, 2.24) is 0 Å². The van der Waals surface area contributed by atoms with Gasteiger partial charge in [-0.25, -0.2) is 0 Å². The van der Waals surface area contributed by atoms with Crippen LogP contribution in [-0.4, -0.2) is 6.21 Å². The van der Waals surface area contributed by atoms with Crippen molar-refractivity contribution in [1.29, 1.82) is 0 Å². The molecule has 0 saturated carbocycles. The molecule has 1 aliphatic rings. The molecule has 0 aromatic heterocycles. The maximum atomic E-state index is 4.39. The van der Waals surface area contributed by atoms with E-state index >= 15 is 0 Å². The number of nitrogens with zero attached hydrogens (tertiary/aromatic N) is 1. The second-order valence-corrected chi connectivity index (χ2v) is 4.42. The van der Waals surface area contributed by atoms with E-state index in [1.165, 1.54) is 16.7 Å². The zero-order valence-electron chi connectivity index (χ0n) is 13.8. The van der Waals surface area contributed by atoms with E-state index in [0.29, 0.717) is 0 Å². The van der Waals surface area contributed by atoms with E-state index in [1.54, 1.807) is 0 Å². The van der Waals surface area contributed by atoms with E-state index in [2.05, 4.69) is 53.5 Å². The molecule has 0 fully saturated rings. The first-order chi connectivity index (χ1) is 10.4. The molecule has 1 heterocycles. The van der Waals surface area contributed by atoms with Crippen LogP contribution >= 0.6 is 0 Å². The van der Waals surface area contributed by atoms with Crippen molar-refractivity contribution in [3.05, 3.63) is 65.2 Å². The third kappa shape index (κ3) is 4.86. The molecule has 2 aromatic rings. The van der Waals surface area contributed by atoms with E-state index in [-0.39, 0.29) is 0 Å². The fourth-order valence-electron chi connectivity index (χ4n) is 2.37. The van der Waals surface area contributed by atoms with Crippen LogP contribution in [0, 0.1) is 0 Å². The van der Waals surface area contributed by atoms with Crippen LogP contribution in [-0.2, 0) is 19.3 Å². The number of fused-ring (bicyclic) bond motifs is 1. The normalized spacial score (nSPS) is 10.9. The highest BCUT2D eigenvalue weighted by Gasteiger charge is 2.10. The van der Waals surface area contributed by atoms with E-state index in [1.807, 2.05) is 33.9 Å². The van der Waals surface area contributed by atoms with Crippen LogP contribution in [0.2, 0.25) is 0 Å². The lowest BCUT2D eigenvalue weighted by Crippen LogP contribution is -1.95. The average Bonchev–Trinajstić information content (AvgIpc) is 3.07. The Bertz CT molecular complexity index is 541. The summed E-state index contributed by atoms with van der Waals surface area (Å²) in [5.74, 6) is 0. The van der Waals surface area contributed by atoms with Crippen LogP contribution in [0.3, 0.4) is 0 Å². The van der Waals surface area contributed by atoms with Crippen molar-refractivity contribution in [3.8, 4) is 0 Å². The molecular weight excluding hydrogens is 254 g/mol. The van der Waals surface area contributed by atoms with E-state index < -0.39 is 0 Å². The molecule has 0 atom stereocenters. The minimum absolute atomic E-state index is 1.00. The minimum atomic E-state index is 1.00. The quantitative estimate of drug-likeness (QED) is 0.676. The van der Waals surface area contributed by atoms with Crippen molar-refractivity contribution < 1.29 is 0 Å². The number of hydrogen-bond acceptors (Lipinski definition) is 1. The van der Waals surface area contributed by atoms with Crippen LogP contribution in [0.25, 0.3) is 0 Å². The van der Waals surface area contributed by atoms with Crippen LogP contribution in [0.1, 0.15) is 44.4 Å². The lowest BCUT2D eigenvalue weighted by atomic mass is 9.98. The highest BCUT2D eigenvalue weighted by molar-refractivity contribution is 5.76. The third-order valence-corrected chi connectivity index (χ3v) is 3.30. The van der Waals surface area contributed by atoms with Gasteiger partial charge in [-0.3, -0.25) is 4.99 Å². The van der Waals surface area contributed by atoms with Crippen LogP contribution < -0.4 is 0 Å². The van der Waals surface area contributed by atoms with E-state index in [4.69, 9.17) is 0 Å². The van der Waals surface area contributed by atoms with Gasteiger partial charge in [0.1, 0.15) is 0 Å². The average molecular weight is 281 g/mol. The van der Waals surface area contributed by atoms with Gasteiger partial charge in [0.2, 0.25) is 0 Å². The third-order valence-electron chi connectivity index (χ3n) is 3.30. The molecule has 1 heteroatoms. The summed E-state index contributed by atoms with van der Waals surface area (Å²) < 4.78 is 0. The van der Waals surface area contributed by atoms with Crippen molar-refractivity contribution in [2.75, 3.05) is 0 Å². The minimum Gasteiger partial charge on any atom is -0.261 e. The molecule has 0 saturated heterocycles. The first-order valence-corrected chi connectivity index (χ1v) is 8.11. The molecule has 0 N–H and O–H groups in total. The Morgan fingerprint density at radius 1 is 0.810 bits per heavy atom. The van der Waals surface area contributed by atoms with Gasteiger partial charge in [0.05, 0.1) is 5.69 Å². The number of aliphatic imine (C=N–C) groups is 1. The number of hydrogen-bond donors (Lipinski definition) is 0. The summed E-state index contributed by atoms with van der Waals surface area (Å²) in [4.78, 5) is 4.39. The molecule has 2 aromatic carbocycles. The monoisotopic (exact) mass is 281 g/mol. The highest BCUT2D eigenvalue weighted by atomic mass is 14.7. The van der Waals surface area contributed by atoms with Crippen LogP contribution in [0.4, 0.5) is 5.69 Å². The molecule has 1 aliphatic heterocycles. The zero-order chi connectivity index (χ0) is 15.5. The summed E-state index contributed by atoms with van der Waals surface area (Å²) in [6.07, 6.45) is 5.23. The standard InChI is InChI=1S/C16H15N.2C2H6/c1-2-5-13(6-3-1)9-10-14-7-4-8-16-15(14)11-12-17-16;2*1-2/h1-8,12H,9-11H2;2*1-2H3. The van der Waals surface area contributed by atoms with Gasteiger partial charge in [-0.2, -0.15) is 0 Å². The summed E-state index contributed by atoms with van der Waals surface area (Å²) in [5.41, 5.74) is 5.44. The number of rotatable bonds is 3. The number of aryl methyl sites for hydroxylation is 2. The fraction of sp³-hybridized carbons (Fsp3) is 0.350. The smallest absolute Gasteiger partial charge is 0.0664 e. The van der Waals surface area contributed by atoms with Gasteiger partial charge in [-0.05, 0) is 35.6 Å². The Kier molecular flexibility index (Phi) is 8.11. The van der Waals surface area contributed by atoms with Crippen molar-refractivity contribution in [2.24, 2.45) is 4.99 Å². The second kappa shape index (κ2) is 9.93. The molecule has 21 heavy (non-hydrogen) atoms. The Hall–Kier alpha value is -1.89. The molecule has 0 bridgehead atoms. The van der Waals surface area contributed by atoms with Gasteiger partial charge in [0, 0.05) is 12.6 Å². The molecule has 0 radical (unpaired) electrons. The Balaban J connectivity index is 0.000000510. The van der Waals surface area contributed by atoms with Gasteiger partial charge in [-0.15, -0.1) is 0 Å². The van der Waals surface area contributed by atoms with Crippen LogP contribution in [0.5, 0.6) is 0 Å². The highest BCUT2D eigenvalue weighted by Crippen LogP contribution is 2.27. The van der Waals surface area contributed by atoms with Gasteiger partial charge in [-0.1, -0.05) is 70.2 Å². The van der Waals surface area contributed by atoms with Gasteiger partial charge in [0.15, 0.2) is 0 Å². The molecule has 3 rings (SSSR count). The lowest BCUT2D eigenvalue weighted by Gasteiger charge is -2.07. The molecule has 0 aliphatic carbocycles. The predicted molar refractivity (Wildman–Crippen MR) is 94.8 cm³/mol. The van der Waals surface area contributed by atoms with Gasteiger partial charge >= 0.3 is 0 Å². The topological polar surface area (TPSA) is 12.4 Å². The number of benzene rings is 2. The second-order valence-electron chi connectivity index (χ2n) is 4.42. The Labute approximate surface area is 129 Å². The molecule has 1 nitrogen and oxygen atoms in total. The molecule has 0 amide bonds. The van der Waals surface area contributed by atoms with Crippen molar-refractivity contribution in [2.45, 2.75) is 47.0 Å². The molecule has 0 unspecified atom stereocenters. The van der Waals surface area contributed by atoms with Crippen molar-refractivity contribution >= 4 is 11.9 Å². The lowest BCUT2D eigenvalue weighted by molar-refractivity contribution is 0.948. The zero-order valence-corrected chi connectivity index (χ0v) is 13.8. The van der Waals surface area contributed by atoms with Crippen LogP contribution in [0.15, 0.2) is 53.5 Å². The summed E-state index contributed by atoms with van der Waals surface area (Å²) in [6, 6.07) is 17.1. The summed E-state index contributed by atoms with van der Waals surface area (Å²) in [6.45, 7) is 8.00. The summed E-state index contributed by atoms with van der Waals surface area (Å²) >= 11 is 0. The first-order valence-electron chi connectivity index (χ1n) is 8.11. The fourth-order valence-corrected chi connectivity index (χ4v) is 2.37. The Morgan fingerprint density at radius 3 is 2.24 bits per heavy atom. The Morgan fingerprint density at radius 2 is 1.52 bits per heavy atom. The van der Waals surface area contributed by atoms with E-state index in [9.17, 15) is 0 Å². The maximum Gasteiger partial charge on any atom is 0.0664 e. The summed E-state index contributed by atoms with van der Waals surface area (Å²) in [7, 11) is 0. The molecule has 0 spiro atoms. The van der Waals surface area contributed by atoms with E-state index in [0.717, 1.165) is 24.9 Å². The summed E-state index contributed by atoms with van der Waals surface area (Å²) in [5, 5.41) is 0. The maximum absolute atomic E-state index is 4.39. The predicted octanol–water partition coefficient (Wildman–Crippen LogP) is 5.78. The van der Waals surface area contributed by atoms with Crippen molar-refractivity contribution in [3.63, 3.8) is 0 Å². The van der Waals surface area contributed by atoms with Gasteiger partial charge in [0.25, 0.3) is 0 Å². The molecule has 112 valence electrons.